The van der Waals surface area contributed by atoms with Gasteiger partial charge in [-0.15, -0.1) is 0 Å². The van der Waals surface area contributed by atoms with Gasteiger partial charge in [-0.3, -0.25) is 0 Å². The number of sulfonamides is 1. The monoisotopic (exact) mass is 320 g/mol. The second kappa shape index (κ2) is 5.79. The molecule has 0 bridgehead atoms. The fourth-order valence-corrected chi connectivity index (χ4v) is 4.30. The number of nitrogens with two attached hydrogens (primary N) is 1. The average Bonchev–Trinajstić information content (AvgIpc) is 2.91. The van der Waals surface area contributed by atoms with Crippen LogP contribution in [-0.2, 0) is 10.0 Å². The smallest absolute Gasteiger partial charge is 0.243 e. The van der Waals surface area contributed by atoms with Crippen LogP contribution in [0, 0.1) is 5.82 Å². The molecule has 116 valence electrons. The van der Waals surface area contributed by atoms with Crippen molar-refractivity contribution in [2.24, 2.45) is 5.73 Å². The molecule has 0 saturated carbocycles. The van der Waals surface area contributed by atoms with E-state index < -0.39 is 15.8 Å². The first-order valence-electron chi connectivity index (χ1n) is 7.05. The zero-order valence-corrected chi connectivity index (χ0v) is 12.7. The van der Waals surface area contributed by atoms with Crippen LogP contribution in [0.25, 0.3) is 0 Å². The van der Waals surface area contributed by atoms with E-state index in [0.29, 0.717) is 6.54 Å². The lowest BCUT2D eigenvalue weighted by molar-refractivity contribution is 0.470. The predicted molar refractivity (Wildman–Crippen MR) is 82.3 cm³/mol. The third-order valence-electron chi connectivity index (χ3n) is 4.01. The lowest BCUT2D eigenvalue weighted by Crippen LogP contribution is -2.32. The summed E-state index contributed by atoms with van der Waals surface area (Å²) in [7, 11) is -3.64. The van der Waals surface area contributed by atoms with Crippen LogP contribution in [0.4, 0.5) is 4.39 Å². The Bertz CT molecular complexity index is 747. The third kappa shape index (κ3) is 2.77. The first-order valence-corrected chi connectivity index (χ1v) is 8.49. The summed E-state index contributed by atoms with van der Waals surface area (Å²) in [5.41, 5.74) is 7.17. The summed E-state index contributed by atoms with van der Waals surface area (Å²) in [6.45, 7) is 0.601. The van der Waals surface area contributed by atoms with Crippen LogP contribution in [-0.4, -0.2) is 31.9 Å². The van der Waals surface area contributed by atoms with Crippen LogP contribution < -0.4 is 5.73 Å². The highest BCUT2D eigenvalue weighted by molar-refractivity contribution is 7.89. The Morgan fingerprint density at radius 3 is 2.27 bits per heavy atom. The zero-order chi connectivity index (χ0) is 15.7. The van der Waals surface area contributed by atoms with Crippen LogP contribution in [0.1, 0.15) is 11.5 Å². The van der Waals surface area contributed by atoms with Crippen molar-refractivity contribution in [3.05, 3.63) is 66.0 Å². The molecule has 0 aliphatic carbocycles. The third-order valence-corrected chi connectivity index (χ3v) is 5.86. The van der Waals surface area contributed by atoms with Crippen LogP contribution >= 0.6 is 0 Å². The summed E-state index contributed by atoms with van der Waals surface area (Å²) in [4.78, 5) is 0.0924. The van der Waals surface area contributed by atoms with Gasteiger partial charge >= 0.3 is 0 Å². The molecule has 2 atom stereocenters. The van der Waals surface area contributed by atoms with Crippen molar-refractivity contribution < 1.29 is 12.8 Å². The van der Waals surface area contributed by atoms with Gasteiger partial charge in [-0.1, -0.05) is 30.3 Å². The van der Waals surface area contributed by atoms with Gasteiger partial charge < -0.3 is 5.73 Å². The number of halogens is 1. The van der Waals surface area contributed by atoms with Gasteiger partial charge in [0, 0.05) is 25.0 Å². The van der Waals surface area contributed by atoms with Gasteiger partial charge in [-0.2, -0.15) is 4.31 Å². The second-order valence-electron chi connectivity index (χ2n) is 5.46. The van der Waals surface area contributed by atoms with E-state index in [2.05, 4.69) is 0 Å². The van der Waals surface area contributed by atoms with Crippen molar-refractivity contribution in [1.29, 1.82) is 0 Å². The van der Waals surface area contributed by atoms with Crippen LogP contribution in [0.3, 0.4) is 0 Å². The highest BCUT2D eigenvalue weighted by Crippen LogP contribution is 2.30. The minimum absolute atomic E-state index is 0.0311. The van der Waals surface area contributed by atoms with Crippen molar-refractivity contribution in [2.45, 2.75) is 16.9 Å². The molecule has 2 N–H and O–H groups in total. The second-order valence-corrected chi connectivity index (χ2v) is 7.39. The first-order chi connectivity index (χ1) is 10.5. The Morgan fingerprint density at radius 2 is 1.64 bits per heavy atom. The summed E-state index contributed by atoms with van der Waals surface area (Å²) in [6.07, 6.45) is 0. The van der Waals surface area contributed by atoms with Crippen molar-refractivity contribution >= 4 is 10.0 Å². The van der Waals surface area contributed by atoms with Crippen molar-refractivity contribution in [3.8, 4) is 0 Å². The standard InChI is InChI=1S/C16H17FN2O2S/c17-13-6-8-14(9-7-13)22(20,21)19-10-15(16(18)11-19)12-4-2-1-3-5-12/h1-9,15-16H,10-11,18H2/t15-,16+/m0/s1. The Kier molecular flexibility index (Phi) is 3.99. The molecule has 0 radical (unpaired) electrons. The quantitative estimate of drug-likeness (QED) is 0.940. The topological polar surface area (TPSA) is 63.4 Å². The number of benzene rings is 2. The lowest BCUT2D eigenvalue weighted by Gasteiger charge is -2.16. The molecule has 3 rings (SSSR count). The minimum atomic E-state index is -3.64. The molecule has 6 heteroatoms. The van der Waals surface area contributed by atoms with Gasteiger partial charge in [0.25, 0.3) is 0 Å². The van der Waals surface area contributed by atoms with Gasteiger partial charge in [0.05, 0.1) is 4.90 Å². The molecule has 0 spiro atoms. The summed E-state index contributed by atoms with van der Waals surface area (Å²) < 4.78 is 39.6. The number of nitrogens with zero attached hydrogens (tertiary/aromatic N) is 1. The van der Waals surface area contributed by atoms with Crippen molar-refractivity contribution in [3.63, 3.8) is 0 Å². The normalized spacial score (nSPS) is 22.8. The lowest BCUT2D eigenvalue weighted by atomic mass is 9.95. The van der Waals surface area contributed by atoms with Gasteiger partial charge in [0.1, 0.15) is 5.82 Å². The fourth-order valence-electron chi connectivity index (χ4n) is 2.80. The summed E-state index contributed by atoms with van der Waals surface area (Å²) in [5.74, 6) is -0.490. The maximum absolute atomic E-state index is 13.0. The molecule has 0 aromatic heterocycles. The molecule has 1 fully saturated rings. The molecule has 2 aromatic rings. The van der Waals surface area contributed by atoms with E-state index in [1.807, 2.05) is 30.3 Å². The Hall–Kier alpha value is -1.76. The Labute approximate surface area is 129 Å². The molecular formula is C16H17FN2O2S. The highest BCUT2D eigenvalue weighted by atomic mass is 32.2. The van der Waals surface area contributed by atoms with E-state index in [1.165, 1.54) is 16.4 Å². The molecule has 1 aliphatic rings. The summed E-state index contributed by atoms with van der Waals surface area (Å²) in [5, 5.41) is 0. The van der Waals surface area contributed by atoms with Gasteiger partial charge in [0.2, 0.25) is 10.0 Å². The summed E-state index contributed by atoms with van der Waals surface area (Å²) >= 11 is 0. The maximum atomic E-state index is 13.0. The number of hydrogen-bond donors (Lipinski definition) is 1. The molecule has 0 unspecified atom stereocenters. The molecule has 1 aliphatic heterocycles. The fraction of sp³-hybridized carbons (Fsp3) is 0.250. The minimum Gasteiger partial charge on any atom is -0.326 e. The molecule has 4 nitrogen and oxygen atoms in total. The molecular weight excluding hydrogens is 303 g/mol. The van der Waals surface area contributed by atoms with E-state index >= 15 is 0 Å². The van der Waals surface area contributed by atoms with E-state index in [1.54, 1.807) is 0 Å². The molecule has 1 saturated heterocycles. The van der Waals surface area contributed by atoms with Gasteiger partial charge in [-0.05, 0) is 29.8 Å². The van der Waals surface area contributed by atoms with Crippen LogP contribution in [0.5, 0.6) is 0 Å². The van der Waals surface area contributed by atoms with Crippen molar-refractivity contribution in [2.75, 3.05) is 13.1 Å². The first kappa shape index (κ1) is 15.1. The zero-order valence-electron chi connectivity index (χ0n) is 11.9. The van der Waals surface area contributed by atoms with Gasteiger partial charge in [-0.25, -0.2) is 12.8 Å². The highest BCUT2D eigenvalue weighted by Gasteiger charge is 2.38. The average molecular weight is 320 g/mol. The number of rotatable bonds is 3. The van der Waals surface area contributed by atoms with Crippen LogP contribution in [0.15, 0.2) is 59.5 Å². The van der Waals surface area contributed by atoms with E-state index in [0.717, 1.165) is 17.7 Å². The Balaban J connectivity index is 1.86. The van der Waals surface area contributed by atoms with Crippen LogP contribution in [0.2, 0.25) is 0 Å². The molecule has 22 heavy (non-hydrogen) atoms. The SMILES string of the molecule is N[C@@H]1CN(S(=O)(=O)c2ccc(F)cc2)C[C@H]1c1ccccc1. The van der Waals surface area contributed by atoms with Gasteiger partial charge in [0.15, 0.2) is 0 Å². The Morgan fingerprint density at radius 1 is 1.00 bits per heavy atom. The molecule has 0 amide bonds. The number of hydrogen-bond acceptors (Lipinski definition) is 3. The molecule has 2 aromatic carbocycles. The van der Waals surface area contributed by atoms with Crippen molar-refractivity contribution in [1.82, 2.24) is 4.31 Å². The summed E-state index contributed by atoms with van der Waals surface area (Å²) in [6, 6.07) is 14.3. The van der Waals surface area contributed by atoms with E-state index in [-0.39, 0.29) is 23.4 Å². The van der Waals surface area contributed by atoms with E-state index in [4.69, 9.17) is 5.73 Å². The van der Waals surface area contributed by atoms with E-state index in [9.17, 15) is 12.8 Å². The maximum Gasteiger partial charge on any atom is 0.243 e. The largest absolute Gasteiger partial charge is 0.326 e. The molecule has 1 heterocycles. The predicted octanol–water partition coefficient (Wildman–Crippen LogP) is 1.94.